The summed E-state index contributed by atoms with van der Waals surface area (Å²) in [6.45, 7) is 11.8. The highest BCUT2D eigenvalue weighted by Gasteiger charge is 2.37. The number of likely N-dealkylation sites (N-methyl/N-ethyl adjacent to an activating group) is 1. The standard InChI is InChI=1S/C40H48F2N8O2/c1-25-11-14-44-27(3)35(25)36-33-23-48(34-21-29(42)20-28-8-6-16-47(5)37(28)34)17-12-32(33)38(45-39(36)52-24-31-9-7-15-46(31)4)49-18-19-50(40(51)26(2)41)30(22-49)10-13-43/h11,14,20-21,30-31H,2,6-10,12,15-19,22-24H2,1,3-5H3/t30-,31-/m0/s1. The number of piperazine rings is 1. The zero-order valence-corrected chi connectivity index (χ0v) is 30.7. The van der Waals surface area contributed by atoms with Crippen LogP contribution >= 0.6 is 0 Å². The van der Waals surface area contributed by atoms with Crippen molar-refractivity contribution in [3.63, 3.8) is 0 Å². The minimum atomic E-state index is -1.03. The maximum Gasteiger partial charge on any atom is 0.282 e. The maximum atomic E-state index is 15.3. The third kappa shape index (κ3) is 6.67. The smallest absolute Gasteiger partial charge is 0.282 e. The highest BCUT2D eigenvalue weighted by molar-refractivity contribution is 5.91. The Bertz CT molecular complexity index is 1910. The lowest BCUT2D eigenvalue weighted by molar-refractivity contribution is -0.131. The molecule has 12 heteroatoms. The van der Waals surface area contributed by atoms with Crippen molar-refractivity contribution in [2.45, 2.75) is 71.0 Å². The van der Waals surface area contributed by atoms with Crippen molar-refractivity contribution in [1.29, 1.82) is 5.26 Å². The molecule has 0 N–H and O–H groups in total. The lowest BCUT2D eigenvalue weighted by atomic mass is 9.88. The molecule has 0 spiro atoms. The van der Waals surface area contributed by atoms with E-state index in [-0.39, 0.29) is 24.8 Å². The van der Waals surface area contributed by atoms with Crippen LogP contribution in [0.1, 0.15) is 53.6 Å². The molecule has 1 aromatic carbocycles. The number of hydrogen-bond donors (Lipinski definition) is 0. The summed E-state index contributed by atoms with van der Waals surface area (Å²) in [5.74, 6) is -0.783. The molecule has 2 fully saturated rings. The molecule has 4 aliphatic rings. The number of anilines is 3. The van der Waals surface area contributed by atoms with Gasteiger partial charge in [-0.25, -0.2) is 8.78 Å². The van der Waals surface area contributed by atoms with Gasteiger partial charge in [0.1, 0.15) is 18.2 Å². The molecule has 1 amide bonds. The Labute approximate surface area is 305 Å². The van der Waals surface area contributed by atoms with Gasteiger partial charge in [-0.15, -0.1) is 0 Å². The zero-order valence-electron chi connectivity index (χ0n) is 30.7. The van der Waals surface area contributed by atoms with Crippen LogP contribution in [0.25, 0.3) is 11.1 Å². The van der Waals surface area contributed by atoms with Crippen LogP contribution in [-0.2, 0) is 24.2 Å². The van der Waals surface area contributed by atoms with Gasteiger partial charge in [0.05, 0.1) is 35.5 Å². The monoisotopic (exact) mass is 710 g/mol. The molecule has 2 atom stereocenters. The molecule has 3 aromatic rings. The van der Waals surface area contributed by atoms with Crippen LogP contribution in [0.5, 0.6) is 5.88 Å². The molecule has 10 nitrogen and oxygen atoms in total. The lowest BCUT2D eigenvalue weighted by Crippen LogP contribution is -2.55. The summed E-state index contributed by atoms with van der Waals surface area (Å²) in [6, 6.07) is 7.26. The van der Waals surface area contributed by atoms with Gasteiger partial charge in [0.25, 0.3) is 5.91 Å². The van der Waals surface area contributed by atoms with Gasteiger partial charge in [-0.2, -0.15) is 10.2 Å². The third-order valence-corrected chi connectivity index (χ3v) is 11.4. The molecule has 0 bridgehead atoms. The summed E-state index contributed by atoms with van der Waals surface area (Å²) >= 11 is 0. The fourth-order valence-electron chi connectivity index (χ4n) is 8.74. The van der Waals surface area contributed by atoms with Gasteiger partial charge in [-0.3, -0.25) is 9.78 Å². The van der Waals surface area contributed by atoms with Crippen molar-refractivity contribution in [3.05, 3.63) is 70.6 Å². The van der Waals surface area contributed by atoms with E-state index in [9.17, 15) is 14.4 Å². The maximum absolute atomic E-state index is 15.3. The predicted octanol–water partition coefficient (Wildman–Crippen LogP) is 5.73. The second-order valence-corrected chi connectivity index (χ2v) is 14.7. The zero-order chi connectivity index (χ0) is 36.7. The van der Waals surface area contributed by atoms with Gasteiger partial charge in [0.2, 0.25) is 5.88 Å². The van der Waals surface area contributed by atoms with Crippen molar-refractivity contribution < 1.29 is 18.3 Å². The Kier molecular flexibility index (Phi) is 10.1. The summed E-state index contributed by atoms with van der Waals surface area (Å²) in [7, 11) is 4.21. The normalized spacial score (nSPS) is 20.4. The van der Waals surface area contributed by atoms with Crippen molar-refractivity contribution in [2.75, 3.05) is 74.7 Å². The second kappa shape index (κ2) is 14.7. The summed E-state index contributed by atoms with van der Waals surface area (Å²) in [5, 5.41) is 9.72. The molecule has 0 radical (unpaired) electrons. The highest BCUT2D eigenvalue weighted by atomic mass is 19.1. The highest BCUT2D eigenvalue weighted by Crippen LogP contribution is 2.46. The van der Waals surface area contributed by atoms with Gasteiger partial charge in [-0.1, -0.05) is 6.58 Å². The fraction of sp³-hybridized carbons (Fsp3) is 0.500. The molecule has 52 heavy (non-hydrogen) atoms. The summed E-state index contributed by atoms with van der Waals surface area (Å²) < 4.78 is 36.2. The average Bonchev–Trinajstić information content (AvgIpc) is 3.54. The van der Waals surface area contributed by atoms with Gasteiger partial charge in [0.15, 0.2) is 5.83 Å². The SMILES string of the molecule is C=C(F)C(=O)N1CCN(c2nc(OC[C@@H]3CCCN3C)c(-c3c(C)ccnc3C)c3c2CCN(c2cc(F)cc4c2N(C)CCC4)C3)C[C@@H]1CC#N. The van der Waals surface area contributed by atoms with Crippen LogP contribution in [0, 0.1) is 31.0 Å². The Morgan fingerprint density at radius 1 is 1.04 bits per heavy atom. The first kappa shape index (κ1) is 35.6. The molecule has 2 saturated heterocycles. The van der Waals surface area contributed by atoms with E-state index in [0.29, 0.717) is 45.1 Å². The molecule has 0 aliphatic carbocycles. The Morgan fingerprint density at radius 2 is 1.87 bits per heavy atom. The number of carbonyl (C=O) groups is 1. The number of rotatable bonds is 8. The van der Waals surface area contributed by atoms with Crippen LogP contribution in [-0.4, -0.2) is 97.7 Å². The van der Waals surface area contributed by atoms with Crippen molar-refractivity contribution in [3.8, 4) is 23.1 Å². The number of amides is 1. The molecule has 274 valence electrons. The topological polar surface area (TPSA) is 92.1 Å². The minimum Gasteiger partial charge on any atom is -0.475 e. The number of nitriles is 1. The van der Waals surface area contributed by atoms with E-state index >= 15 is 4.39 Å². The molecule has 4 aliphatic heterocycles. The van der Waals surface area contributed by atoms with E-state index in [4.69, 9.17) is 14.7 Å². The number of pyridine rings is 2. The first-order valence-electron chi connectivity index (χ1n) is 18.4. The Balaban J connectivity index is 1.39. The number of halogens is 2. The lowest BCUT2D eigenvalue weighted by Gasteiger charge is -2.43. The van der Waals surface area contributed by atoms with E-state index < -0.39 is 17.8 Å². The van der Waals surface area contributed by atoms with Crippen LogP contribution < -0.4 is 19.4 Å². The van der Waals surface area contributed by atoms with E-state index in [1.807, 2.05) is 19.2 Å². The van der Waals surface area contributed by atoms with Crippen LogP contribution in [0.4, 0.5) is 26.0 Å². The van der Waals surface area contributed by atoms with Gasteiger partial charge >= 0.3 is 0 Å². The fourth-order valence-corrected chi connectivity index (χ4v) is 8.74. The number of carbonyl (C=O) groups excluding carboxylic acids is 1. The van der Waals surface area contributed by atoms with Gasteiger partial charge in [-0.05, 0) is 94.4 Å². The number of benzene rings is 1. The molecular formula is C40H48F2N8O2. The molecule has 2 aromatic heterocycles. The van der Waals surface area contributed by atoms with E-state index in [1.165, 1.54) is 4.90 Å². The third-order valence-electron chi connectivity index (χ3n) is 11.4. The van der Waals surface area contributed by atoms with Crippen molar-refractivity contribution in [1.82, 2.24) is 19.8 Å². The second-order valence-electron chi connectivity index (χ2n) is 14.7. The Morgan fingerprint density at radius 3 is 2.60 bits per heavy atom. The summed E-state index contributed by atoms with van der Waals surface area (Å²) in [6.07, 6.45) is 6.46. The van der Waals surface area contributed by atoms with Crippen LogP contribution in [0.15, 0.2) is 36.8 Å². The number of likely N-dealkylation sites (tertiary alicyclic amines) is 1. The molecule has 6 heterocycles. The first-order valence-corrected chi connectivity index (χ1v) is 18.4. The van der Waals surface area contributed by atoms with Crippen LogP contribution in [0.3, 0.4) is 0 Å². The molecule has 7 rings (SSSR count). The molecule has 0 saturated carbocycles. The first-order chi connectivity index (χ1) is 25.0. The predicted molar refractivity (Wildman–Crippen MR) is 199 cm³/mol. The van der Waals surface area contributed by atoms with Gasteiger partial charge in [0, 0.05) is 75.4 Å². The average molecular weight is 711 g/mol. The summed E-state index contributed by atoms with van der Waals surface area (Å²) in [4.78, 5) is 33.2. The summed E-state index contributed by atoms with van der Waals surface area (Å²) in [5.41, 5.74) is 8.91. The van der Waals surface area contributed by atoms with Crippen molar-refractivity contribution in [2.24, 2.45) is 0 Å². The number of fused-ring (bicyclic) bond motifs is 2. The minimum absolute atomic E-state index is 0.0488. The number of hydrogen-bond acceptors (Lipinski definition) is 9. The number of aromatic nitrogens is 2. The molecule has 0 unspecified atom stereocenters. The number of nitrogens with zero attached hydrogens (tertiary/aromatic N) is 8. The van der Waals surface area contributed by atoms with Crippen LogP contribution in [0.2, 0.25) is 0 Å². The molecular weight excluding hydrogens is 662 g/mol. The van der Waals surface area contributed by atoms with E-state index in [2.05, 4.69) is 53.3 Å². The Hall–Kier alpha value is -4.76. The number of ether oxygens (including phenoxy) is 1. The number of aryl methyl sites for hydroxylation is 3. The van der Waals surface area contributed by atoms with E-state index in [1.54, 1.807) is 12.1 Å². The van der Waals surface area contributed by atoms with Gasteiger partial charge < -0.3 is 29.2 Å². The quantitative estimate of drug-likeness (QED) is 0.272. The van der Waals surface area contributed by atoms with Crippen molar-refractivity contribution >= 4 is 23.1 Å². The largest absolute Gasteiger partial charge is 0.475 e. The van der Waals surface area contributed by atoms with E-state index in [0.717, 1.165) is 95.0 Å².